The molecule has 1 aromatic rings. The maximum Gasteiger partial charge on any atom is 0.413 e. The van der Waals surface area contributed by atoms with Crippen LogP contribution in [-0.4, -0.2) is 76.3 Å². The van der Waals surface area contributed by atoms with Crippen molar-refractivity contribution in [2.75, 3.05) is 20.2 Å². The molecule has 8 rings (SSSR count). The Morgan fingerprint density at radius 3 is 2.46 bits per heavy atom. The lowest BCUT2D eigenvalue weighted by Gasteiger charge is -2.77. The van der Waals surface area contributed by atoms with Crippen molar-refractivity contribution in [1.29, 1.82) is 0 Å². The molecule has 3 N–H and O–H groups in total. The fourth-order valence-electron chi connectivity index (χ4n) is 11.6. The zero-order valence-corrected chi connectivity index (χ0v) is 30.4. The molecule has 2 aliphatic heterocycles. The highest BCUT2D eigenvalue weighted by Crippen LogP contribution is 2.80. The number of likely N-dealkylation sites (tertiary alicyclic amines) is 1. The summed E-state index contributed by atoms with van der Waals surface area (Å²) in [5.74, 6) is 0.155. The van der Waals surface area contributed by atoms with E-state index in [0.717, 1.165) is 69.5 Å². The summed E-state index contributed by atoms with van der Waals surface area (Å²) < 4.78 is 20.3. The second kappa shape index (κ2) is 11.1. The van der Waals surface area contributed by atoms with Gasteiger partial charge in [0.2, 0.25) is 0 Å². The smallest absolute Gasteiger partial charge is 0.413 e. The number of carboxylic acids is 1. The summed E-state index contributed by atoms with van der Waals surface area (Å²) in [6.45, 7) is 16.6. The summed E-state index contributed by atoms with van der Waals surface area (Å²) >= 11 is 0. The highest BCUT2D eigenvalue weighted by molar-refractivity contribution is 5.81. The van der Waals surface area contributed by atoms with E-state index in [2.05, 4.69) is 44.0 Å². The average molecular weight is 667 g/mol. The van der Waals surface area contributed by atoms with Crippen molar-refractivity contribution in [3.05, 3.63) is 23.3 Å². The van der Waals surface area contributed by atoms with E-state index in [0.29, 0.717) is 24.0 Å². The van der Waals surface area contributed by atoms with Crippen LogP contribution in [-0.2, 0) is 21.4 Å². The van der Waals surface area contributed by atoms with Crippen LogP contribution in [0.25, 0.3) is 0 Å². The van der Waals surface area contributed by atoms with Crippen molar-refractivity contribution in [3.8, 4) is 11.5 Å². The first-order chi connectivity index (χ1) is 22.5. The predicted molar refractivity (Wildman–Crippen MR) is 182 cm³/mol. The van der Waals surface area contributed by atoms with Crippen molar-refractivity contribution in [2.24, 2.45) is 28.6 Å². The van der Waals surface area contributed by atoms with Gasteiger partial charge >= 0.3 is 12.1 Å². The first-order valence-electron chi connectivity index (χ1n) is 18.6. The molecule has 2 bridgehead atoms. The van der Waals surface area contributed by atoms with Gasteiger partial charge in [-0.1, -0.05) is 47.1 Å². The Morgan fingerprint density at radius 1 is 1.15 bits per heavy atom. The largest absolute Gasteiger partial charge is 0.480 e. The number of carbonyl (C=O) groups is 2. The van der Waals surface area contributed by atoms with Crippen molar-refractivity contribution >= 4 is 12.1 Å². The number of ether oxygens (including phenoxy) is 3. The zero-order chi connectivity index (χ0) is 34.7. The van der Waals surface area contributed by atoms with Gasteiger partial charge in [0.25, 0.3) is 0 Å². The highest BCUT2D eigenvalue weighted by Gasteiger charge is 2.85. The third-order valence-electron chi connectivity index (χ3n) is 15.0. The van der Waals surface area contributed by atoms with Crippen molar-refractivity contribution in [1.82, 2.24) is 10.2 Å². The molecule has 2 heterocycles. The number of benzene rings is 1. The van der Waals surface area contributed by atoms with Gasteiger partial charge in [-0.05, 0) is 107 Å². The number of hydrogen-bond donors (Lipinski definition) is 3. The summed E-state index contributed by atoms with van der Waals surface area (Å²) in [6, 6.07) is 3.23. The molecular formula is C39H58N2O7. The summed E-state index contributed by atoms with van der Waals surface area (Å²) in [6.07, 6.45) is 9.05. The minimum Gasteiger partial charge on any atom is -0.480 e. The van der Waals surface area contributed by atoms with Crippen molar-refractivity contribution in [2.45, 2.75) is 147 Å². The van der Waals surface area contributed by atoms with Gasteiger partial charge in [-0.2, -0.15) is 0 Å². The van der Waals surface area contributed by atoms with Crippen LogP contribution in [0.1, 0.15) is 117 Å². The van der Waals surface area contributed by atoms with E-state index in [1.807, 2.05) is 26.8 Å². The van der Waals surface area contributed by atoms with Crippen LogP contribution in [0.2, 0.25) is 0 Å². The molecule has 1 spiro atoms. The molecule has 5 fully saturated rings. The number of nitrogens with one attached hydrogen (secondary N) is 1. The molecule has 9 nitrogen and oxygen atoms in total. The number of carbonyl (C=O) groups excluding carboxylic acids is 1. The second-order valence-corrected chi connectivity index (χ2v) is 17.7. The zero-order valence-electron chi connectivity index (χ0n) is 30.4. The Hall–Kier alpha value is -2.36. The standard InChI is InChI=1S/C39H58N2O7/c1-9-23(2)30(32(42)43)40-33(44)47-26-15-14-25-11-10-17-38-29(25)31(26)48-36(38,7)39(46-8)19-18-37(38,21-27(39)35(6,45)34(3,4)5)28-16-20-41(28)22-24-12-13-24/h14-15,23-24,27-28,30,45H,9-13,16-22H2,1-8H3,(H,40,44)(H,42,43)/t23?,27-,28-,30-,35-,36+,37-,38+,39-/m1/s1. The number of aryl methyl sites for hydroxylation is 1. The molecule has 7 aliphatic rings. The predicted octanol–water partition coefficient (Wildman–Crippen LogP) is 6.47. The van der Waals surface area contributed by atoms with Crippen LogP contribution < -0.4 is 14.8 Å². The molecule has 266 valence electrons. The maximum atomic E-state index is 13.4. The molecule has 1 aromatic carbocycles. The highest BCUT2D eigenvalue weighted by atomic mass is 16.6. The van der Waals surface area contributed by atoms with Gasteiger partial charge in [0.15, 0.2) is 11.5 Å². The van der Waals surface area contributed by atoms with Gasteiger partial charge in [0.1, 0.15) is 17.2 Å². The fourth-order valence-corrected chi connectivity index (χ4v) is 11.6. The number of hydrogen-bond acceptors (Lipinski definition) is 7. The van der Waals surface area contributed by atoms with E-state index >= 15 is 0 Å². The quantitative estimate of drug-likeness (QED) is 0.260. The molecule has 4 saturated carbocycles. The van der Waals surface area contributed by atoms with Crippen LogP contribution in [0.15, 0.2) is 12.1 Å². The summed E-state index contributed by atoms with van der Waals surface area (Å²) in [7, 11) is 1.80. The first-order valence-corrected chi connectivity index (χ1v) is 18.6. The average Bonchev–Trinajstić information content (AvgIpc) is 3.80. The molecule has 1 unspecified atom stereocenters. The Bertz CT molecular complexity index is 1480. The third kappa shape index (κ3) is 4.31. The van der Waals surface area contributed by atoms with Crippen LogP contribution in [0.5, 0.6) is 11.5 Å². The van der Waals surface area contributed by atoms with Gasteiger partial charge < -0.3 is 29.7 Å². The Labute approximate surface area is 286 Å². The number of amides is 1. The lowest BCUT2D eigenvalue weighted by atomic mass is 9.31. The third-order valence-corrected chi connectivity index (χ3v) is 15.0. The van der Waals surface area contributed by atoms with Crippen LogP contribution in [0.4, 0.5) is 4.79 Å². The molecule has 48 heavy (non-hydrogen) atoms. The van der Waals surface area contributed by atoms with E-state index in [4.69, 9.17) is 14.2 Å². The molecule has 0 aromatic heterocycles. The van der Waals surface area contributed by atoms with Crippen LogP contribution in [0, 0.1) is 28.6 Å². The number of aliphatic hydroxyl groups is 1. The molecule has 5 aliphatic carbocycles. The van der Waals surface area contributed by atoms with Gasteiger partial charge in [0, 0.05) is 42.0 Å². The minimum absolute atomic E-state index is 0.179. The van der Waals surface area contributed by atoms with Crippen LogP contribution in [0.3, 0.4) is 0 Å². The normalized spacial score (nSPS) is 37.7. The van der Waals surface area contributed by atoms with Crippen molar-refractivity contribution in [3.63, 3.8) is 0 Å². The maximum absolute atomic E-state index is 13.4. The minimum atomic E-state index is -1.08. The second-order valence-electron chi connectivity index (χ2n) is 17.7. The fraction of sp³-hybridized carbons (Fsp3) is 0.795. The lowest BCUT2D eigenvalue weighted by molar-refractivity contribution is -0.341. The number of rotatable bonds is 10. The van der Waals surface area contributed by atoms with Gasteiger partial charge in [-0.3, -0.25) is 4.90 Å². The Balaban J connectivity index is 1.39. The van der Waals surface area contributed by atoms with Crippen molar-refractivity contribution < 1.29 is 34.0 Å². The molecule has 1 saturated heterocycles. The molecule has 0 radical (unpaired) electrons. The van der Waals surface area contributed by atoms with E-state index in [1.54, 1.807) is 7.11 Å². The van der Waals surface area contributed by atoms with Gasteiger partial charge in [-0.25, -0.2) is 9.59 Å². The van der Waals surface area contributed by atoms with E-state index in [1.165, 1.54) is 18.4 Å². The van der Waals surface area contributed by atoms with E-state index < -0.39 is 45.7 Å². The molecule has 9 heteroatoms. The summed E-state index contributed by atoms with van der Waals surface area (Å²) in [4.78, 5) is 28.2. The SMILES string of the molecule is CCC(C)[C@@H](NC(=O)Oc1ccc2c3c1O[C@@]1(C)[C@@]3(CCC2)[C@]2([C@H]3CCN3CC3CC3)CC[C@@]1(OC)[C@@H]([C@@](C)(O)C(C)(C)C)C2)C(=O)O. The molecule has 9 atom stereocenters. The Morgan fingerprint density at radius 2 is 1.88 bits per heavy atom. The van der Waals surface area contributed by atoms with E-state index in [-0.39, 0.29) is 17.3 Å². The first kappa shape index (κ1) is 34.1. The summed E-state index contributed by atoms with van der Waals surface area (Å²) in [5.41, 5.74) is -1.31. The number of methoxy groups -OCH3 is 1. The number of carboxylic acid groups (broad SMARTS) is 1. The lowest BCUT2D eigenvalue weighted by Crippen LogP contribution is -2.86. The van der Waals surface area contributed by atoms with Crippen LogP contribution >= 0.6 is 0 Å². The number of nitrogens with zero attached hydrogens (tertiary/aromatic N) is 1. The monoisotopic (exact) mass is 666 g/mol. The topological polar surface area (TPSA) is 118 Å². The summed E-state index contributed by atoms with van der Waals surface area (Å²) in [5, 5.41) is 25.1. The van der Waals surface area contributed by atoms with E-state index in [9.17, 15) is 19.8 Å². The van der Waals surface area contributed by atoms with Gasteiger partial charge in [0.05, 0.1) is 5.60 Å². The number of aliphatic carboxylic acids is 1. The Kier molecular flexibility index (Phi) is 7.86. The van der Waals surface area contributed by atoms with Gasteiger partial charge in [-0.15, -0.1) is 0 Å². The molecule has 1 amide bonds. The number of fused-ring (bicyclic) bond motifs is 2. The molecular weight excluding hydrogens is 608 g/mol.